The van der Waals surface area contributed by atoms with Crippen LogP contribution in [0.1, 0.15) is 54.4 Å². The number of hydrogen-bond donors (Lipinski definition) is 1. The molecular formula is C16H23NO. The quantitative estimate of drug-likeness (QED) is 0.823. The third kappa shape index (κ3) is 2.81. The maximum Gasteiger partial charge on any atom is 0.164 e. The molecule has 0 amide bonds. The topological polar surface area (TPSA) is 29.1 Å². The van der Waals surface area contributed by atoms with E-state index in [1.54, 1.807) is 0 Å². The summed E-state index contributed by atoms with van der Waals surface area (Å²) in [6.45, 7) is 2.01. The summed E-state index contributed by atoms with van der Waals surface area (Å²) in [7, 11) is 2.00. The molecule has 1 saturated carbocycles. The largest absolute Gasteiger partial charge is 0.314 e. The molecule has 2 nitrogen and oxygen atoms in total. The Morgan fingerprint density at radius 2 is 1.89 bits per heavy atom. The summed E-state index contributed by atoms with van der Waals surface area (Å²) in [5.41, 5.74) is 2.01. The third-order valence-corrected chi connectivity index (χ3v) is 4.29. The van der Waals surface area contributed by atoms with E-state index in [4.69, 9.17) is 0 Å². The van der Waals surface area contributed by atoms with Crippen LogP contribution in [-0.2, 0) is 0 Å². The van der Waals surface area contributed by atoms with Gasteiger partial charge in [0.05, 0.1) is 0 Å². The standard InChI is InChI=1S/C16H23NO/c1-13-8-4-5-9-14(13)15(18)12-16(17-2)10-6-3-7-11-16/h4-5,8-9,17H,3,6-7,10-12H2,1-2H3. The van der Waals surface area contributed by atoms with Gasteiger partial charge in [-0.05, 0) is 32.4 Å². The summed E-state index contributed by atoms with van der Waals surface area (Å²) >= 11 is 0. The minimum absolute atomic E-state index is 0.0393. The summed E-state index contributed by atoms with van der Waals surface area (Å²) in [6.07, 6.45) is 6.67. The van der Waals surface area contributed by atoms with Gasteiger partial charge in [0.1, 0.15) is 0 Å². The highest BCUT2D eigenvalue weighted by molar-refractivity contribution is 5.98. The molecule has 0 heterocycles. The van der Waals surface area contributed by atoms with Crippen molar-refractivity contribution in [2.24, 2.45) is 0 Å². The van der Waals surface area contributed by atoms with Crippen molar-refractivity contribution < 1.29 is 4.79 Å². The van der Waals surface area contributed by atoms with Crippen molar-refractivity contribution >= 4 is 5.78 Å². The van der Waals surface area contributed by atoms with Crippen LogP contribution < -0.4 is 5.32 Å². The maximum atomic E-state index is 12.5. The Bertz CT molecular complexity index is 419. The molecule has 0 saturated heterocycles. The predicted octanol–water partition coefficient (Wildman–Crippen LogP) is 3.49. The van der Waals surface area contributed by atoms with Gasteiger partial charge in [0.2, 0.25) is 0 Å². The smallest absolute Gasteiger partial charge is 0.164 e. The fourth-order valence-corrected chi connectivity index (χ4v) is 3.03. The predicted molar refractivity (Wildman–Crippen MR) is 75.0 cm³/mol. The molecule has 0 aliphatic heterocycles. The Labute approximate surface area is 110 Å². The highest BCUT2D eigenvalue weighted by atomic mass is 16.1. The molecule has 0 unspecified atom stereocenters. The van der Waals surface area contributed by atoms with E-state index >= 15 is 0 Å². The van der Waals surface area contributed by atoms with Crippen LogP contribution in [0, 0.1) is 6.92 Å². The number of nitrogens with one attached hydrogen (secondary N) is 1. The molecular weight excluding hydrogens is 222 g/mol. The summed E-state index contributed by atoms with van der Waals surface area (Å²) in [5, 5.41) is 3.42. The molecule has 2 rings (SSSR count). The van der Waals surface area contributed by atoms with Crippen molar-refractivity contribution in [1.82, 2.24) is 5.32 Å². The maximum absolute atomic E-state index is 12.5. The average Bonchev–Trinajstić information content (AvgIpc) is 2.40. The van der Waals surface area contributed by atoms with Crippen molar-refractivity contribution in [1.29, 1.82) is 0 Å². The first-order valence-corrected chi connectivity index (χ1v) is 6.95. The number of carbonyl (C=O) groups excluding carboxylic acids is 1. The fraction of sp³-hybridized carbons (Fsp3) is 0.562. The number of carbonyl (C=O) groups is 1. The first-order valence-electron chi connectivity index (χ1n) is 6.95. The van der Waals surface area contributed by atoms with Crippen LogP contribution in [-0.4, -0.2) is 18.4 Å². The molecule has 0 atom stereocenters. The molecule has 2 heteroatoms. The van der Waals surface area contributed by atoms with Crippen LogP contribution in [0.5, 0.6) is 0 Å². The monoisotopic (exact) mass is 245 g/mol. The average molecular weight is 245 g/mol. The molecule has 0 aromatic heterocycles. The summed E-state index contributed by atoms with van der Waals surface area (Å²) in [5.74, 6) is 0.282. The molecule has 0 bridgehead atoms. The second kappa shape index (κ2) is 5.66. The normalized spacial score (nSPS) is 18.6. The van der Waals surface area contributed by atoms with Gasteiger partial charge in [0.25, 0.3) is 0 Å². The van der Waals surface area contributed by atoms with Crippen LogP contribution in [0.4, 0.5) is 0 Å². The minimum Gasteiger partial charge on any atom is -0.314 e. The number of ketones is 1. The highest BCUT2D eigenvalue weighted by Crippen LogP contribution is 2.32. The van der Waals surface area contributed by atoms with Crippen LogP contribution in [0.15, 0.2) is 24.3 Å². The van der Waals surface area contributed by atoms with E-state index in [9.17, 15) is 4.79 Å². The molecule has 1 aliphatic carbocycles. The lowest BCUT2D eigenvalue weighted by Gasteiger charge is -2.36. The molecule has 18 heavy (non-hydrogen) atoms. The van der Waals surface area contributed by atoms with Crippen molar-refractivity contribution in [3.05, 3.63) is 35.4 Å². The zero-order valence-electron chi connectivity index (χ0n) is 11.5. The van der Waals surface area contributed by atoms with Crippen LogP contribution in [0.2, 0.25) is 0 Å². The van der Waals surface area contributed by atoms with Gasteiger partial charge in [-0.2, -0.15) is 0 Å². The van der Waals surface area contributed by atoms with E-state index in [0.717, 1.165) is 24.0 Å². The van der Waals surface area contributed by atoms with Crippen LogP contribution in [0.3, 0.4) is 0 Å². The van der Waals surface area contributed by atoms with Crippen molar-refractivity contribution in [2.75, 3.05) is 7.05 Å². The number of hydrogen-bond acceptors (Lipinski definition) is 2. The van der Waals surface area contributed by atoms with Gasteiger partial charge in [0, 0.05) is 17.5 Å². The van der Waals surface area contributed by atoms with Crippen molar-refractivity contribution in [3.63, 3.8) is 0 Å². The molecule has 1 aromatic carbocycles. The van der Waals surface area contributed by atoms with Gasteiger partial charge >= 0.3 is 0 Å². The SMILES string of the molecule is CNC1(CC(=O)c2ccccc2C)CCCCC1. The van der Waals surface area contributed by atoms with Gasteiger partial charge in [0.15, 0.2) is 5.78 Å². The van der Waals surface area contributed by atoms with Gasteiger partial charge < -0.3 is 5.32 Å². The van der Waals surface area contributed by atoms with Crippen LogP contribution >= 0.6 is 0 Å². The fourth-order valence-electron chi connectivity index (χ4n) is 3.03. The Balaban J connectivity index is 2.13. The molecule has 1 fully saturated rings. The van der Waals surface area contributed by atoms with Crippen LogP contribution in [0.25, 0.3) is 0 Å². The van der Waals surface area contributed by atoms with Gasteiger partial charge in [-0.1, -0.05) is 43.5 Å². The number of benzene rings is 1. The number of rotatable bonds is 4. The first-order chi connectivity index (χ1) is 8.67. The van der Waals surface area contributed by atoms with Gasteiger partial charge in [-0.25, -0.2) is 0 Å². The second-order valence-corrected chi connectivity index (χ2v) is 5.51. The molecule has 1 N–H and O–H groups in total. The Morgan fingerprint density at radius 3 is 2.50 bits per heavy atom. The molecule has 0 spiro atoms. The highest BCUT2D eigenvalue weighted by Gasteiger charge is 2.32. The molecule has 1 aliphatic rings. The summed E-state index contributed by atoms with van der Waals surface area (Å²) in [6, 6.07) is 7.90. The molecule has 98 valence electrons. The summed E-state index contributed by atoms with van der Waals surface area (Å²) < 4.78 is 0. The second-order valence-electron chi connectivity index (χ2n) is 5.51. The first kappa shape index (κ1) is 13.3. The minimum atomic E-state index is 0.0393. The van der Waals surface area contributed by atoms with E-state index < -0.39 is 0 Å². The lowest BCUT2D eigenvalue weighted by atomic mass is 9.77. The van der Waals surface area contributed by atoms with E-state index in [1.807, 2.05) is 38.2 Å². The summed E-state index contributed by atoms with van der Waals surface area (Å²) in [4.78, 5) is 12.5. The van der Waals surface area contributed by atoms with E-state index in [-0.39, 0.29) is 11.3 Å². The third-order valence-electron chi connectivity index (χ3n) is 4.29. The van der Waals surface area contributed by atoms with E-state index in [2.05, 4.69) is 5.32 Å². The Kier molecular flexibility index (Phi) is 4.18. The lowest BCUT2D eigenvalue weighted by molar-refractivity contribution is 0.0914. The van der Waals surface area contributed by atoms with Gasteiger partial charge in [-0.3, -0.25) is 4.79 Å². The lowest BCUT2D eigenvalue weighted by Crippen LogP contribution is -2.46. The van der Waals surface area contributed by atoms with Gasteiger partial charge in [-0.15, -0.1) is 0 Å². The van der Waals surface area contributed by atoms with E-state index in [0.29, 0.717) is 6.42 Å². The van der Waals surface area contributed by atoms with E-state index in [1.165, 1.54) is 19.3 Å². The Hall–Kier alpha value is -1.15. The number of Topliss-reactive ketones (excluding diaryl/α,β-unsaturated/α-hetero) is 1. The zero-order chi connectivity index (χ0) is 13.0. The van der Waals surface area contributed by atoms with Crippen molar-refractivity contribution in [2.45, 2.75) is 51.0 Å². The number of aryl methyl sites for hydroxylation is 1. The van der Waals surface area contributed by atoms with Crippen molar-refractivity contribution in [3.8, 4) is 0 Å². The molecule has 0 radical (unpaired) electrons. The molecule has 1 aromatic rings. The zero-order valence-corrected chi connectivity index (χ0v) is 11.5. The Morgan fingerprint density at radius 1 is 1.22 bits per heavy atom.